The molecule has 6 nitrogen and oxygen atoms in total. The minimum atomic E-state index is -0.628. The number of hydrogen-bond acceptors (Lipinski definition) is 6. The number of nitrogens with zero attached hydrogens (tertiary/aromatic N) is 1. The van der Waals surface area contributed by atoms with Crippen molar-refractivity contribution >= 4 is 57.5 Å². The predicted octanol–water partition coefficient (Wildman–Crippen LogP) is 7.16. The number of amides is 1. The molecule has 2 aromatic heterocycles. The monoisotopic (exact) mass is 528 g/mol. The van der Waals surface area contributed by atoms with Crippen molar-refractivity contribution in [3.05, 3.63) is 67.7 Å². The first-order chi connectivity index (χ1) is 16.8. The number of hydrogen-bond donors (Lipinski definition) is 1. The van der Waals surface area contributed by atoms with Crippen LogP contribution < -0.4 is 5.32 Å². The SMILES string of the molecule is CCOC(=O)c1c(NC(=O)/C(C#N)=C/c2ccc(-c3ccc(Cl)c(Cl)c3)o2)sc2c1CC[C@@H](C)C2. The first-order valence-electron chi connectivity index (χ1n) is 11.1. The maximum atomic E-state index is 13.0. The molecule has 0 saturated carbocycles. The van der Waals surface area contributed by atoms with Crippen molar-refractivity contribution in [3.63, 3.8) is 0 Å². The van der Waals surface area contributed by atoms with Crippen LogP contribution in [-0.4, -0.2) is 18.5 Å². The Morgan fingerprint density at radius 3 is 2.80 bits per heavy atom. The molecule has 1 aliphatic carbocycles. The van der Waals surface area contributed by atoms with Gasteiger partial charge in [-0.25, -0.2) is 4.79 Å². The van der Waals surface area contributed by atoms with Crippen LogP contribution in [0.1, 0.15) is 46.8 Å². The lowest BCUT2D eigenvalue weighted by molar-refractivity contribution is -0.112. The molecule has 0 aliphatic heterocycles. The molecule has 0 spiro atoms. The number of nitriles is 1. The van der Waals surface area contributed by atoms with Gasteiger partial charge in [-0.3, -0.25) is 4.79 Å². The Balaban J connectivity index is 1.60. The van der Waals surface area contributed by atoms with Crippen LogP contribution in [0.15, 0.2) is 40.3 Å². The zero-order chi connectivity index (χ0) is 25.1. The van der Waals surface area contributed by atoms with Crippen molar-refractivity contribution in [2.75, 3.05) is 11.9 Å². The van der Waals surface area contributed by atoms with Crippen molar-refractivity contribution in [1.82, 2.24) is 0 Å². The van der Waals surface area contributed by atoms with Crippen LogP contribution in [0.25, 0.3) is 17.4 Å². The van der Waals surface area contributed by atoms with Crippen LogP contribution in [0, 0.1) is 17.2 Å². The van der Waals surface area contributed by atoms with Gasteiger partial charge in [0.1, 0.15) is 28.2 Å². The van der Waals surface area contributed by atoms with Crippen LogP contribution in [0.2, 0.25) is 10.0 Å². The van der Waals surface area contributed by atoms with E-state index in [-0.39, 0.29) is 12.2 Å². The molecule has 0 unspecified atom stereocenters. The Morgan fingerprint density at radius 2 is 2.09 bits per heavy atom. The lowest BCUT2D eigenvalue weighted by Crippen LogP contribution is -2.17. The Bertz CT molecular complexity index is 1370. The summed E-state index contributed by atoms with van der Waals surface area (Å²) in [5, 5.41) is 13.6. The van der Waals surface area contributed by atoms with Crippen molar-refractivity contribution in [2.45, 2.75) is 33.1 Å². The predicted molar refractivity (Wildman–Crippen MR) is 138 cm³/mol. The highest BCUT2D eigenvalue weighted by Gasteiger charge is 2.29. The third kappa shape index (κ3) is 5.46. The molecular formula is C26H22Cl2N2O4S. The number of anilines is 1. The smallest absolute Gasteiger partial charge is 0.341 e. The van der Waals surface area contributed by atoms with E-state index in [0.717, 1.165) is 29.7 Å². The lowest BCUT2D eigenvalue weighted by atomic mass is 9.88. The van der Waals surface area contributed by atoms with Crippen molar-refractivity contribution in [3.8, 4) is 17.4 Å². The maximum absolute atomic E-state index is 13.0. The summed E-state index contributed by atoms with van der Waals surface area (Å²) in [5.74, 6) is 0.240. The summed E-state index contributed by atoms with van der Waals surface area (Å²) >= 11 is 13.4. The Labute approximate surface area is 217 Å². The number of fused-ring (bicyclic) bond motifs is 1. The summed E-state index contributed by atoms with van der Waals surface area (Å²) in [4.78, 5) is 26.8. The molecule has 4 rings (SSSR count). The summed E-state index contributed by atoms with van der Waals surface area (Å²) in [5.41, 5.74) is 1.88. The second-order valence-electron chi connectivity index (χ2n) is 8.23. The van der Waals surface area contributed by atoms with E-state index < -0.39 is 11.9 Å². The van der Waals surface area contributed by atoms with Crippen LogP contribution in [-0.2, 0) is 22.4 Å². The van der Waals surface area contributed by atoms with Crippen LogP contribution in [0.4, 0.5) is 5.00 Å². The molecule has 1 aliphatic rings. The van der Waals surface area contributed by atoms with Gasteiger partial charge in [0.05, 0.1) is 22.2 Å². The molecule has 0 fully saturated rings. The number of nitrogens with one attached hydrogen (secondary N) is 1. The second-order valence-corrected chi connectivity index (χ2v) is 10.2. The number of carbonyl (C=O) groups is 2. The number of carbonyl (C=O) groups excluding carboxylic acids is 2. The zero-order valence-electron chi connectivity index (χ0n) is 19.1. The third-order valence-corrected chi connectivity index (χ3v) is 7.61. The molecule has 1 aromatic carbocycles. The minimum Gasteiger partial charge on any atom is -0.462 e. The van der Waals surface area contributed by atoms with Gasteiger partial charge in [0, 0.05) is 16.5 Å². The van der Waals surface area contributed by atoms with Crippen LogP contribution in [0.3, 0.4) is 0 Å². The van der Waals surface area contributed by atoms with E-state index in [4.69, 9.17) is 32.4 Å². The summed E-state index contributed by atoms with van der Waals surface area (Å²) < 4.78 is 11.0. The van der Waals surface area contributed by atoms with E-state index in [2.05, 4.69) is 12.2 Å². The van der Waals surface area contributed by atoms with Crippen molar-refractivity contribution < 1.29 is 18.7 Å². The number of ether oxygens (including phenoxy) is 1. The summed E-state index contributed by atoms with van der Waals surface area (Å²) in [6.45, 7) is 4.14. The largest absolute Gasteiger partial charge is 0.462 e. The van der Waals surface area contributed by atoms with Gasteiger partial charge in [0.2, 0.25) is 0 Å². The van der Waals surface area contributed by atoms with Gasteiger partial charge in [-0.2, -0.15) is 5.26 Å². The van der Waals surface area contributed by atoms with Gasteiger partial charge in [-0.05, 0) is 68.0 Å². The van der Waals surface area contributed by atoms with Gasteiger partial charge in [0.25, 0.3) is 5.91 Å². The number of rotatable bonds is 6. The fourth-order valence-corrected chi connectivity index (χ4v) is 5.65. The van der Waals surface area contributed by atoms with Crippen LogP contribution >= 0.6 is 34.5 Å². The Morgan fingerprint density at radius 1 is 1.29 bits per heavy atom. The van der Waals surface area contributed by atoms with E-state index in [1.54, 1.807) is 37.3 Å². The van der Waals surface area contributed by atoms with Gasteiger partial charge >= 0.3 is 5.97 Å². The van der Waals surface area contributed by atoms with Gasteiger partial charge in [0.15, 0.2) is 0 Å². The summed E-state index contributed by atoms with van der Waals surface area (Å²) in [6, 6.07) is 10.4. The molecule has 2 heterocycles. The van der Waals surface area contributed by atoms with E-state index in [1.165, 1.54) is 17.4 Å². The van der Waals surface area contributed by atoms with Crippen molar-refractivity contribution in [2.24, 2.45) is 5.92 Å². The molecule has 9 heteroatoms. The van der Waals surface area contributed by atoms with Gasteiger partial charge < -0.3 is 14.5 Å². The van der Waals surface area contributed by atoms with Crippen LogP contribution in [0.5, 0.6) is 0 Å². The highest BCUT2D eigenvalue weighted by Crippen LogP contribution is 2.40. The van der Waals surface area contributed by atoms with Gasteiger partial charge in [-0.15, -0.1) is 11.3 Å². The third-order valence-electron chi connectivity index (χ3n) is 5.70. The highest BCUT2D eigenvalue weighted by atomic mass is 35.5. The molecular weight excluding hydrogens is 507 g/mol. The zero-order valence-corrected chi connectivity index (χ0v) is 21.4. The van der Waals surface area contributed by atoms with E-state index in [0.29, 0.717) is 43.6 Å². The number of halogens is 2. The summed E-state index contributed by atoms with van der Waals surface area (Å²) in [7, 11) is 0. The molecule has 1 N–H and O–H groups in total. The first kappa shape index (κ1) is 25.1. The molecule has 1 atom stereocenters. The lowest BCUT2D eigenvalue weighted by Gasteiger charge is -2.18. The van der Waals surface area contributed by atoms with Crippen molar-refractivity contribution in [1.29, 1.82) is 5.26 Å². The average Bonchev–Trinajstić information content (AvgIpc) is 3.43. The Kier molecular flexibility index (Phi) is 7.66. The summed E-state index contributed by atoms with van der Waals surface area (Å²) in [6.07, 6.45) is 3.91. The molecule has 0 saturated heterocycles. The molecule has 180 valence electrons. The maximum Gasteiger partial charge on any atom is 0.341 e. The standard InChI is InChI=1S/C26H22Cl2N2O4S/c1-3-33-26(32)23-18-7-4-14(2)10-22(18)35-25(23)30-24(31)16(13-29)11-17-6-9-21(34-17)15-5-8-19(27)20(28)12-15/h5-6,8-9,11-12,14H,3-4,7,10H2,1-2H3,(H,30,31)/b16-11+/t14-/m1/s1. The fraction of sp³-hybridized carbons (Fsp3) is 0.269. The first-order valence-corrected chi connectivity index (χ1v) is 12.7. The number of furan rings is 1. The molecule has 0 radical (unpaired) electrons. The molecule has 1 amide bonds. The molecule has 0 bridgehead atoms. The van der Waals surface area contributed by atoms with E-state index in [1.807, 2.05) is 6.07 Å². The van der Waals surface area contributed by atoms with E-state index in [9.17, 15) is 14.9 Å². The fourth-order valence-electron chi connectivity index (χ4n) is 3.95. The quantitative estimate of drug-likeness (QED) is 0.208. The second kappa shape index (κ2) is 10.7. The van der Waals surface area contributed by atoms with E-state index >= 15 is 0 Å². The van der Waals surface area contributed by atoms with Gasteiger partial charge in [-0.1, -0.05) is 30.1 Å². The highest BCUT2D eigenvalue weighted by molar-refractivity contribution is 7.17. The molecule has 3 aromatic rings. The Hall–Kier alpha value is -3.05. The topological polar surface area (TPSA) is 92.3 Å². The minimum absolute atomic E-state index is 0.158. The number of esters is 1. The number of thiophene rings is 1. The number of benzene rings is 1. The molecule has 35 heavy (non-hydrogen) atoms. The average molecular weight is 529 g/mol. The normalized spacial score (nSPS) is 15.3.